The fraction of sp³-hybridized carbons (Fsp3) is 0.0909. The first-order valence-electron chi connectivity index (χ1n) is 4.81. The lowest BCUT2D eigenvalue weighted by Gasteiger charge is -2.04. The van der Waals surface area contributed by atoms with E-state index in [1.807, 2.05) is 0 Å². The fourth-order valence-electron chi connectivity index (χ4n) is 1.41. The summed E-state index contributed by atoms with van der Waals surface area (Å²) in [6.07, 6.45) is 1.51. The number of hydrogen-bond acceptors (Lipinski definition) is 4. The molecule has 6 heteroatoms. The molecular formula is C11H10N2O3S. The highest BCUT2D eigenvalue weighted by Crippen LogP contribution is 2.25. The maximum Gasteiger partial charge on any atom is 0.273 e. The number of carbonyl (C=O) groups is 1. The van der Waals surface area contributed by atoms with Gasteiger partial charge in [-0.25, -0.2) is 0 Å². The number of carbonyl (C=O) groups excluding carboxylic acids is 1. The Bertz CT molecular complexity index is 525. The minimum Gasteiger partial charge on any atom is -0.507 e. The fourth-order valence-corrected chi connectivity index (χ4v) is 1.62. The molecule has 0 unspecified atom stereocenters. The van der Waals surface area contributed by atoms with E-state index in [4.69, 9.17) is 17.0 Å². The molecule has 0 saturated carbocycles. The van der Waals surface area contributed by atoms with Crippen molar-refractivity contribution in [2.24, 2.45) is 0 Å². The van der Waals surface area contributed by atoms with Crippen LogP contribution in [0, 0.1) is 0 Å². The van der Waals surface area contributed by atoms with Crippen LogP contribution in [0.5, 0.6) is 11.5 Å². The minimum absolute atomic E-state index is 0.0609. The Labute approximate surface area is 103 Å². The second kappa shape index (κ2) is 4.42. The van der Waals surface area contributed by atoms with Crippen LogP contribution in [-0.2, 0) is 4.79 Å². The lowest BCUT2D eigenvalue weighted by atomic mass is 10.1. The number of amides is 1. The van der Waals surface area contributed by atoms with Gasteiger partial charge in [-0.15, -0.1) is 0 Å². The summed E-state index contributed by atoms with van der Waals surface area (Å²) in [5.41, 5.74) is 0.769. The van der Waals surface area contributed by atoms with E-state index in [2.05, 4.69) is 10.6 Å². The van der Waals surface area contributed by atoms with Crippen molar-refractivity contribution < 1.29 is 14.6 Å². The number of rotatable bonds is 2. The predicted octanol–water partition coefficient (Wildman–Crippen LogP) is 0.746. The van der Waals surface area contributed by atoms with Crippen LogP contribution in [0.3, 0.4) is 0 Å². The van der Waals surface area contributed by atoms with E-state index < -0.39 is 0 Å². The van der Waals surface area contributed by atoms with E-state index in [1.165, 1.54) is 19.3 Å². The molecule has 1 aromatic carbocycles. The molecule has 1 fully saturated rings. The van der Waals surface area contributed by atoms with E-state index in [-0.39, 0.29) is 16.8 Å². The van der Waals surface area contributed by atoms with Crippen LogP contribution in [0.4, 0.5) is 0 Å². The molecule has 0 radical (unpaired) electrons. The number of hydrogen-bond donors (Lipinski definition) is 3. The van der Waals surface area contributed by atoms with Crippen LogP contribution in [0.25, 0.3) is 6.08 Å². The van der Waals surface area contributed by atoms with Crippen molar-refractivity contribution in [3.63, 3.8) is 0 Å². The van der Waals surface area contributed by atoms with Gasteiger partial charge in [-0.2, -0.15) is 0 Å². The summed E-state index contributed by atoms with van der Waals surface area (Å²) in [4.78, 5) is 11.4. The van der Waals surface area contributed by atoms with Gasteiger partial charge in [0.25, 0.3) is 5.91 Å². The summed E-state index contributed by atoms with van der Waals surface area (Å²) in [5, 5.41) is 15.0. The average molecular weight is 250 g/mol. The highest BCUT2D eigenvalue weighted by molar-refractivity contribution is 7.80. The van der Waals surface area contributed by atoms with E-state index in [0.29, 0.717) is 17.0 Å². The summed E-state index contributed by atoms with van der Waals surface area (Å²) < 4.78 is 5.04. The number of phenols is 1. The second-order valence-corrected chi connectivity index (χ2v) is 3.80. The van der Waals surface area contributed by atoms with Gasteiger partial charge in [0, 0.05) is 5.56 Å². The topological polar surface area (TPSA) is 70.6 Å². The van der Waals surface area contributed by atoms with Gasteiger partial charge in [-0.05, 0) is 36.5 Å². The summed E-state index contributed by atoms with van der Waals surface area (Å²) in [5.74, 6) is 0.332. The first-order valence-corrected chi connectivity index (χ1v) is 5.22. The number of nitrogens with one attached hydrogen (secondary N) is 2. The molecule has 17 heavy (non-hydrogen) atoms. The number of ether oxygens (including phenoxy) is 1. The maximum atomic E-state index is 11.4. The zero-order valence-electron chi connectivity index (χ0n) is 8.98. The van der Waals surface area contributed by atoms with Gasteiger partial charge < -0.3 is 15.2 Å². The number of methoxy groups -OCH3 is 1. The third kappa shape index (κ3) is 2.36. The van der Waals surface area contributed by atoms with Crippen molar-refractivity contribution in [1.82, 2.24) is 10.6 Å². The lowest BCUT2D eigenvalue weighted by molar-refractivity contribution is -0.115. The molecule has 1 aromatic rings. The largest absolute Gasteiger partial charge is 0.507 e. The van der Waals surface area contributed by atoms with Gasteiger partial charge in [-0.1, -0.05) is 0 Å². The molecule has 1 heterocycles. The molecule has 0 bridgehead atoms. The third-order valence-corrected chi connectivity index (χ3v) is 2.46. The Morgan fingerprint density at radius 1 is 1.41 bits per heavy atom. The van der Waals surface area contributed by atoms with E-state index in [0.717, 1.165) is 0 Å². The first kappa shape index (κ1) is 11.4. The van der Waals surface area contributed by atoms with Crippen LogP contribution in [0.2, 0.25) is 0 Å². The van der Waals surface area contributed by atoms with Crippen molar-refractivity contribution in [2.45, 2.75) is 0 Å². The van der Waals surface area contributed by atoms with Gasteiger partial charge >= 0.3 is 0 Å². The number of aromatic hydroxyl groups is 1. The smallest absolute Gasteiger partial charge is 0.273 e. The van der Waals surface area contributed by atoms with E-state index in [9.17, 15) is 9.90 Å². The first-order chi connectivity index (χ1) is 8.10. The predicted molar refractivity (Wildman–Crippen MR) is 66.5 cm³/mol. The molecule has 3 N–H and O–H groups in total. The SMILES string of the molecule is COc1ccc(O)c(/C=C2\NC(=S)NC2=O)c1. The summed E-state index contributed by atoms with van der Waals surface area (Å²) in [6.45, 7) is 0. The Morgan fingerprint density at radius 3 is 2.76 bits per heavy atom. The quantitative estimate of drug-likeness (QED) is 0.533. The molecular weight excluding hydrogens is 240 g/mol. The third-order valence-electron chi connectivity index (χ3n) is 2.25. The van der Waals surface area contributed by atoms with Crippen LogP contribution in [0.1, 0.15) is 5.56 Å². The highest BCUT2D eigenvalue weighted by Gasteiger charge is 2.20. The average Bonchev–Trinajstić information content (AvgIpc) is 2.60. The minimum atomic E-state index is -0.322. The zero-order chi connectivity index (χ0) is 12.4. The van der Waals surface area contributed by atoms with Crippen molar-refractivity contribution in [3.8, 4) is 11.5 Å². The Kier molecular flexibility index (Phi) is 2.97. The normalized spacial score (nSPS) is 16.9. The maximum absolute atomic E-state index is 11.4. The second-order valence-electron chi connectivity index (χ2n) is 3.39. The summed E-state index contributed by atoms with van der Waals surface area (Å²) in [6, 6.07) is 4.75. The Hall–Kier alpha value is -2.08. The molecule has 0 aromatic heterocycles. The van der Waals surface area contributed by atoms with Gasteiger partial charge in [0.1, 0.15) is 17.2 Å². The molecule has 0 aliphatic carbocycles. The van der Waals surface area contributed by atoms with Crippen LogP contribution < -0.4 is 15.4 Å². The molecule has 1 amide bonds. The molecule has 88 valence electrons. The standard InChI is InChI=1S/C11H10N2O3S/c1-16-7-2-3-9(14)6(4-7)5-8-10(15)13-11(17)12-8/h2-5,14H,1H3,(H2,12,13,15,17)/b8-5-. The molecule has 2 rings (SSSR count). The van der Waals surface area contributed by atoms with Crippen molar-refractivity contribution in [1.29, 1.82) is 0 Å². The van der Waals surface area contributed by atoms with Crippen LogP contribution in [0.15, 0.2) is 23.9 Å². The lowest BCUT2D eigenvalue weighted by Crippen LogP contribution is -2.21. The van der Waals surface area contributed by atoms with E-state index >= 15 is 0 Å². The Morgan fingerprint density at radius 2 is 2.18 bits per heavy atom. The molecule has 1 aliphatic heterocycles. The summed E-state index contributed by atoms with van der Waals surface area (Å²) in [7, 11) is 1.53. The van der Waals surface area contributed by atoms with E-state index in [1.54, 1.807) is 12.1 Å². The van der Waals surface area contributed by atoms with Crippen molar-refractivity contribution in [3.05, 3.63) is 29.5 Å². The number of thiocarbonyl (C=S) groups is 1. The zero-order valence-corrected chi connectivity index (χ0v) is 9.80. The molecule has 0 atom stereocenters. The van der Waals surface area contributed by atoms with Gasteiger partial charge in [-0.3, -0.25) is 10.1 Å². The molecule has 1 aliphatic rings. The molecule has 1 saturated heterocycles. The van der Waals surface area contributed by atoms with Gasteiger partial charge in [0.2, 0.25) is 0 Å². The number of phenolic OH excluding ortho intramolecular Hbond substituents is 1. The van der Waals surface area contributed by atoms with Gasteiger partial charge in [0.05, 0.1) is 7.11 Å². The molecule has 0 spiro atoms. The monoisotopic (exact) mass is 250 g/mol. The van der Waals surface area contributed by atoms with Crippen molar-refractivity contribution in [2.75, 3.05) is 7.11 Å². The highest BCUT2D eigenvalue weighted by atomic mass is 32.1. The Balaban J connectivity index is 2.38. The van der Waals surface area contributed by atoms with Crippen LogP contribution >= 0.6 is 12.2 Å². The summed E-state index contributed by atoms with van der Waals surface area (Å²) >= 11 is 4.80. The van der Waals surface area contributed by atoms with Gasteiger partial charge in [0.15, 0.2) is 5.11 Å². The number of benzene rings is 1. The van der Waals surface area contributed by atoms with Crippen molar-refractivity contribution >= 4 is 29.3 Å². The molecule has 5 nitrogen and oxygen atoms in total. The van der Waals surface area contributed by atoms with Crippen LogP contribution in [-0.4, -0.2) is 23.2 Å².